The van der Waals surface area contributed by atoms with Crippen LogP contribution in [-0.2, 0) is 0 Å². The van der Waals surface area contributed by atoms with Crippen molar-refractivity contribution in [2.45, 2.75) is 44.4 Å². The lowest BCUT2D eigenvalue weighted by atomic mass is 10.0. The van der Waals surface area contributed by atoms with Gasteiger partial charge in [-0.2, -0.15) is 0 Å². The first-order valence-electron chi connectivity index (χ1n) is 7.55. The van der Waals surface area contributed by atoms with E-state index in [2.05, 4.69) is 17.6 Å². The van der Waals surface area contributed by atoms with Crippen LogP contribution in [0.2, 0.25) is 0 Å². The quantitative estimate of drug-likeness (QED) is 0.635. The molecule has 0 saturated heterocycles. The molecule has 1 amide bonds. The summed E-state index contributed by atoms with van der Waals surface area (Å²) in [6.07, 6.45) is 6.74. The average Bonchev–Trinajstić information content (AvgIpc) is 3.21. The number of rotatable bonds is 8. The van der Waals surface area contributed by atoms with E-state index < -0.39 is 0 Å². The van der Waals surface area contributed by atoms with Crippen molar-refractivity contribution in [3.05, 3.63) is 4.88 Å². The van der Waals surface area contributed by atoms with Gasteiger partial charge in [0, 0.05) is 13.1 Å². The lowest BCUT2D eigenvalue weighted by Crippen LogP contribution is -2.23. The van der Waals surface area contributed by atoms with Crippen molar-refractivity contribution < 1.29 is 4.79 Å². The zero-order valence-corrected chi connectivity index (χ0v) is 14.7. The molecule has 0 aliphatic heterocycles. The smallest absolute Gasteiger partial charge is 0.263 e. The highest BCUT2D eigenvalue weighted by molar-refractivity contribution is 7.99. The van der Waals surface area contributed by atoms with E-state index in [0.29, 0.717) is 22.5 Å². The third-order valence-corrected chi connectivity index (χ3v) is 6.30. The number of carbonyl (C=O) groups is 1. The maximum Gasteiger partial charge on any atom is 0.263 e. The Balaban J connectivity index is 2.11. The fraction of sp³-hybridized carbons (Fsp3) is 0.667. The summed E-state index contributed by atoms with van der Waals surface area (Å²) in [5, 5.41) is 7.48. The molecule has 0 unspecified atom stereocenters. The number of carbonyl (C=O) groups excluding carboxylic acids is 1. The number of hydrogen-bond acceptors (Lipinski definition) is 5. The van der Waals surface area contributed by atoms with Gasteiger partial charge in [-0.3, -0.25) is 4.79 Å². The molecule has 1 saturated carbocycles. The first-order valence-corrected chi connectivity index (χ1v) is 9.59. The van der Waals surface area contributed by atoms with Crippen molar-refractivity contribution >= 4 is 39.7 Å². The number of nitrogens with one attached hydrogen (secondary N) is 2. The molecule has 0 atom stereocenters. The van der Waals surface area contributed by atoms with Crippen LogP contribution in [0.15, 0.2) is 4.90 Å². The lowest BCUT2D eigenvalue weighted by Gasteiger charge is -2.14. The molecule has 0 aromatic carbocycles. The Labute approximate surface area is 135 Å². The van der Waals surface area contributed by atoms with Crippen LogP contribution < -0.4 is 16.4 Å². The topological polar surface area (TPSA) is 67.2 Å². The number of thiophene rings is 1. The van der Waals surface area contributed by atoms with E-state index in [1.807, 2.05) is 13.2 Å². The van der Waals surface area contributed by atoms with Gasteiger partial charge in [-0.05, 0) is 37.4 Å². The Kier molecular flexibility index (Phi) is 5.43. The fourth-order valence-electron chi connectivity index (χ4n) is 2.34. The predicted octanol–water partition coefficient (Wildman–Crippen LogP) is 3.79. The molecule has 2 rings (SSSR count). The molecule has 0 spiro atoms. The molecule has 4 nitrogen and oxygen atoms in total. The van der Waals surface area contributed by atoms with Crippen molar-refractivity contribution in [2.24, 2.45) is 5.41 Å². The van der Waals surface area contributed by atoms with Crippen LogP contribution in [-0.4, -0.2) is 25.3 Å². The van der Waals surface area contributed by atoms with E-state index in [1.54, 1.807) is 11.8 Å². The number of nitrogen functional groups attached to an aromatic ring is 1. The number of hydrogen-bond donors (Lipinski definition) is 3. The monoisotopic (exact) mass is 327 g/mol. The Bertz CT molecular complexity index is 509. The summed E-state index contributed by atoms with van der Waals surface area (Å²) in [4.78, 5) is 13.8. The third kappa shape index (κ3) is 3.66. The van der Waals surface area contributed by atoms with Gasteiger partial charge in [0.05, 0.1) is 10.6 Å². The van der Waals surface area contributed by atoms with Crippen LogP contribution in [0.3, 0.4) is 0 Å². The summed E-state index contributed by atoms with van der Waals surface area (Å²) in [5.74, 6) is -0.0562. The molecule has 118 valence electrons. The Morgan fingerprint density at radius 2 is 2.14 bits per heavy atom. The number of anilines is 2. The Morgan fingerprint density at radius 1 is 1.43 bits per heavy atom. The summed E-state index contributed by atoms with van der Waals surface area (Å²) in [7, 11) is 0. The van der Waals surface area contributed by atoms with Gasteiger partial charge in [-0.15, -0.1) is 23.1 Å². The Hall–Kier alpha value is -0.880. The molecule has 4 N–H and O–H groups in total. The lowest BCUT2D eigenvalue weighted by molar-refractivity contribution is 0.0958. The van der Waals surface area contributed by atoms with E-state index in [-0.39, 0.29) is 5.91 Å². The molecule has 1 fully saturated rings. The second-order valence-electron chi connectivity index (χ2n) is 5.67. The number of amides is 1. The average molecular weight is 328 g/mol. The highest BCUT2D eigenvalue weighted by Crippen LogP contribution is 2.49. The zero-order chi connectivity index (χ0) is 15.5. The molecule has 6 heteroatoms. The van der Waals surface area contributed by atoms with Gasteiger partial charge >= 0.3 is 0 Å². The van der Waals surface area contributed by atoms with Crippen molar-refractivity contribution in [2.75, 3.05) is 30.4 Å². The largest absolute Gasteiger partial charge is 0.396 e. The molecular formula is C15H25N3OS2. The van der Waals surface area contributed by atoms with Gasteiger partial charge in [-0.1, -0.05) is 13.8 Å². The van der Waals surface area contributed by atoms with Gasteiger partial charge in [0.25, 0.3) is 5.91 Å². The molecule has 21 heavy (non-hydrogen) atoms. The van der Waals surface area contributed by atoms with Crippen molar-refractivity contribution in [3.63, 3.8) is 0 Å². The first-order chi connectivity index (χ1) is 10.1. The van der Waals surface area contributed by atoms with E-state index in [0.717, 1.165) is 22.9 Å². The molecule has 1 aromatic rings. The van der Waals surface area contributed by atoms with Gasteiger partial charge in [-0.25, -0.2) is 0 Å². The summed E-state index contributed by atoms with van der Waals surface area (Å²) >= 11 is 3.08. The van der Waals surface area contributed by atoms with Crippen molar-refractivity contribution in [1.82, 2.24) is 5.32 Å². The minimum atomic E-state index is -0.0562. The maximum atomic E-state index is 12.2. The maximum absolute atomic E-state index is 12.2. The van der Waals surface area contributed by atoms with Crippen LogP contribution in [0.4, 0.5) is 10.7 Å². The van der Waals surface area contributed by atoms with E-state index in [9.17, 15) is 4.79 Å². The molecule has 1 aromatic heterocycles. The fourth-order valence-corrected chi connectivity index (χ4v) is 4.28. The van der Waals surface area contributed by atoms with Gasteiger partial charge in [0.2, 0.25) is 0 Å². The normalized spacial score (nSPS) is 15.8. The summed E-state index contributed by atoms with van der Waals surface area (Å²) in [6, 6.07) is 0. The summed E-state index contributed by atoms with van der Waals surface area (Å²) in [5.41, 5.74) is 7.25. The second-order valence-corrected chi connectivity index (χ2v) is 7.51. The first kappa shape index (κ1) is 16.5. The third-order valence-electron chi connectivity index (χ3n) is 4.18. The highest BCUT2D eigenvalue weighted by atomic mass is 32.2. The number of nitrogens with two attached hydrogens (primary N) is 1. The number of thioether (sulfide) groups is 1. The van der Waals surface area contributed by atoms with Gasteiger partial charge in [0.1, 0.15) is 9.88 Å². The summed E-state index contributed by atoms with van der Waals surface area (Å²) < 4.78 is 0. The van der Waals surface area contributed by atoms with Crippen molar-refractivity contribution in [1.29, 1.82) is 0 Å². The van der Waals surface area contributed by atoms with Crippen LogP contribution in [0, 0.1) is 5.41 Å². The molecular weight excluding hydrogens is 302 g/mol. The van der Waals surface area contributed by atoms with Crippen LogP contribution >= 0.6 is 23.1 Å². The van der Waals surface area contributed by atoms with E-state index in [1.165, 1.54) is 30.6 Å². The predicted molar refractivity (Wildman–Crippen MR) is 93.6 cm³/mol. The molecule has 1 aliphatic carbocycles. The molecule has 0 radical (unpaired) electrons. The highest BCUT2D eigenvalue weighted by Gasteiger charge is 2.40. The van der Waals surface area contributed by atoms with Crippen molar-refractivity contribution in [3.8, 4) is 0 Å². The minimum Gasteiger partial charge on any atom is -0.396 e. The van der Waals surface area contributed by atoms with Crippen LogP contribution in [0.1, 0.15) is 49.2 Å². The van der Waals surface area contributed by atoms with Crippen LogP contribution in [0.25, 0.3) is 0 Å². The minimum absolute atomic E-state index is 0.0562. The van der Waals surface area contributed by atoms with Crippen LogP contribution in [0.5, 0.6) is 0 Å². The SMILES string of the molecule is CCCNC(=O)c1sc(NCC2(CC)CC2)c(SC)c1N. The molecule has 1 heterocycles. The molecule has 0 bridgehead atoms. The van der Waals surface area contributed by atoms with Gasteiger partial charge in [0.15, 0.2) is 0 Å². The zero-order valence-electron chi connectivity index (χ0n) is 13.0. The standard InChI is InChI=1S/C15H25N3OS2/c1-4-8-17-13(19)11-10(16)12(20-3)14(21-11)18-9-15(5-2)6-7-15/h18H,4-9,16H2,1-3H3,(H,17,19). The Morgan fingerprint density at radius 3 is 2.67 bits per heavy atom. The van der Waals surface area contributed by atoms with E-state index >= 15 is 0 Å². The molecule has 1 aliphatic rings. The second kappa shape index (κ2) is 6.92. The van der Waals surface area contributed by atoms with E-state index in [4.69, 9.17) is 5.73 Å². The van der Waals surface area contributed by atoms with Gasteiger partial charge < -0.3 is 16.4 Å². The summed E-state index contributed by atoms with van der Waals surface area (Å²) in [6.45, 7) is 5.95.